The zero-order chi connectivity index (χ0) is 9.68. The zero-order valence-corrected chi connectivity index (χ0v) is 9.26. The van der Waals surface area contributed by atoms with Crippen LogP contribution in [-0.4, -0.2) is 6.04 Å². The fourth-order valence-corrected chi connectivity index (χ4v) is 2.55. The van der Waals surface area contributed by atoms with Crippen molar-refractivity contribution < 1.29 is 0 Å². The lowest BCUT2D eigenvalue weighted by Gasteiger charge is -2.26. The summed E-state index contributed by atoms with van der Waals surface area (Å²) in [5.41, 5.74) is 6.22. The van der Waals surface area contributed by atoms with Crippen LogP contribution in [-0.2, 0) is 0 Å². The first-order valence-electron chi connectivity index (χ1n) is 5.97. The average Bonchev–Trinajstić information content (AvgIpc) is 2.16. The molecule has 0 radical (unpaired) electrons. The lowest BCUT2D eigenvalue weighted by atomic mass is 9.83. The molecule has 1 aliphatic carbocycles. The number of hydrogen-bond acceptors (Lipinski definition) is 1. The number of rotatable bonds is 1. The van der Waals surface area contributed by atoms with Crippen LogP contribution < -0.4 is 5.73 Å². The molecule has 1 nitrogen and oxygen atoms in total. The van der Waals surface area contributed by atoms with Gasteiger partial charge in [-0.2, -0.15) is 0 Å². The SMILES string of the molecule is CC(C)C1CCCCCCCC1N. The van der Waals surface area contributed by atoms with E-state index in [4.69, 9.17) is 5.73 Å². The summed E-state index contributed by atoms with van der Waals surface area (Å²) in [5, 5.41) is 0. The van der Waals surface area contributed by atoms with Crippen molar-refractivity contribution in [3.63, 3.8) is 0 Å². The van der Waals surface area contributed by atoms with Gasteiger partial charge in [0.25, 0.3) is 0 Å². The Balaban J connectivity index is 2.45. The number of hydrogen-bond donors (Lipinski definition) is 1. The molecular formula is C12H25N. The molecule has 1 aliphatic rings. The Morgan fingerprint density at radius 1 is 0.923 bits per heavy atom. The van der Waals surface area contributed by atoms with E-state index in [1.165, 1.54) is 44.9 Å². The van der Waals surface area contributed by atoms with Gasteiger partial charge in [0, 0.05) is 6.04 Å². The number of nitrogens with two attached hydrogens (primary N) is 1. The Kier molecular flexibility index (Phi) is 4.79. The van der Waals surface area contributed by atoms with Crippen LogP contribution in [0.3, 0.4) is 0 Å². The van der Waals surface area contributed by atoms with E-state index >= 15 is 0 Å². The van der Waals surface area contributed by atoms with Crippen molar-refractivity contribution in [2.45, 2.75) is 64.8 Å². The van der Waals surface area contributed by atoms with Crippen LogP contribution in [0.25, 0.3) is 0 Å². The maximum Gasteiger partial charge on any atom is 0.00696 e. The Morgan fingerprint density at radius 2 is 1.46 bits per heavy atom. The first-order chi connectivity index (χ1) is 6.22. The molecule has 0 saturated heterocycles. The van der Waals surface area contributed by atoms with Crippen molar-refractivity contribution in [2.24, 2.45) is 17.6 Å². The van der Waals surface area contributed by atoms with Crippen LogP contribution in [0.5, 0.6) is 0 Å². The van der Waals surface area contributed by atoms with E-state index < -0.39 is 0 Å². The molecule has 13 heavy (non-hydrogen) atoms. The molecule has 0 bridgehead atoms. The Labute approximate surface area is 83.1 Å². The van der Waals surface area contributed by atoms with E-state index in [2.05, 4.69) is 13.8 Å². The van der Waals surface area contributed by atoms with Crippen molar-refractivity contribution in [3.8, 4) is 0 Å². The molecule has 2 N–H and O–H groups in total. The molecule has 1 heteroatoms. The summed E-state index contributed by atoms with van der Waals surface area (Å²) in [6.07, 6.45) is 9.62. The molecule has 0 aromatic rings. The molecule has 78 valence electrons. The molecule has 0 heterocycles. The highest BCUT2D eigenvalue weighted by Gasteiger charge is 2.21. The highest BCUT2D eigenvalue weighted by atomic mass is 14.7. The van der Waals surface area contributed by atoms with Gasteiger partial charge in [-0.15, -0.1) is 0 Å². The Hall–Kier alpha value is -0.0400. The third-order valence-corrected chi connectivity index (χ3v) is 3.48. The standard InChI is InChI=1S/C12H25N/c1-10(2)11-8-6-4-3-5-7-9-12(11)13/h10-12H,3-9,13H2,1-2H3. The van der Waals surface area contributed by atoms with Gasteiger partial charge in [0.1, 0.15) is 0 Å². The van der Waals surface area contributed by atoms with Crippen molar-refractivity contribution in [1.29, 1.82) is 0 Å². The van der Waals surface area contributed by atoms with Gasteiger partial charge in [-0.25, -0.2) is 0 Å². The van der Waals surface area contributed by atoms with Gasteiger partial charge >= 0.3 is 0 Å². The summed E-state index contributed by atoms with van der Waals surface area (Å²) < 4.78 is 0. The predicted molar refractivity (Wildman–Crippen MR) is 58.6 cm³/mol. The minimum Gasteiger partial charge on any atom is -0.327 e. The third-order valence-electron chi connectivity index (χ3n) is 3.48. The second-order valence-electron chi connectivity index (χ2n) is 4.92. The second kappa shape index (κ2) is 5.64. The fraction of sp³-hybridized carbons (Fsp3) is 1.00. The summed E-state index contributed by atoms with van der Waals surface area (Å²) in [4.78, 5) is 0. The van der Waals surface area contributed by atoms with Crippen LogP contribution in [0, 0.1) is 11.8 Å². The van der Waals surface area contributed by atoms with E-state index in [1.54, 1.807) is 0 Å². The third kappa shape index (κ3) is 3.68. The molecular weight excluding hydrogens is 158 g/mol. The monoisotopic (exact) mass is 183 g/mol. The van der Waals surface area contributed by atoms with Crippen LogP contribution in [0.4, 0.5) is 0 Å². The van der Waals surface area contributed by atoms with Gasteiger partial charge in [-0.1, -0.05) is 46.0 Å². The molecule has 0 amide bonds. The minimum absolute atomic E-state index is 0.470. The van der Waals surface area contributed by atoms with E-state index in [-0.39, 0.29) is 0 Å². The summed E-state index contributed by atoms with van der Waals surface area (Å²) in [7, 11) is 0. The van der Waals surface area contributed by atoms with E-state index in [9.17, 15) is 0 Å². The van der Waals surface area contributed by atoms with Crippen molar-refractivity contribution in [2.75, 3.05) is 0 Å². The zero-order valence-electron chi connectivity index (χ0n) is 9.26. The molecule has 0 aromatic heterocycles. The van der Waals surface area contributed by atoms with Gasteiger partial charge in [0.2, 0.25) is 0 Å². The molecule has 2 atom stereocenters. The summed E-state index contributed by atoms with van der Waals surface area (Å²) >= 11 is 0. The van der Waals surface area contributed by atoms with E-state index in [0.717, 1.165) is 11.8 Å². The van der Waals surface area contributed by atoms with Gasteiger partial charge in [0.05, 0.1) is 0 Å². The molecule has 0 aliphatic heterocycles. The van der Waals surface area contributed by atoms with Gasteiger partial charge < -0.3 is 5.73 Å². The van der Waals surface area contributed by atoms with Crippen LogP contribution in [0.2, 0.25) is 0 Å². The first kappa shape index (κ1) is 11.0. The van der Waals surface area contributed by atoms with Gasteiger partial charge in [0.15, 0.2) is 0 Å². The van der Waals surface area contributed by atoms with E-state index in [0.29, 0.717) is 6.04 Å². The minimum atomic E-state index is 0.470. The first-order valence-corrected chi connectivity index (χ1v) is 5.97. The molecule has 1 fully saturated rings. The Bertz CT molecular complexity index is 131. The average molecular weight is 183 g/mol. The molecule has 2 unspecified atom stereocenters. The van der Waals surface area contributed by atoms with Crippen molar-refractivity contribution >= 4 is 0 Å². The highest BCUT2D eigenvalue weighted by Crippen LogP contribution is 2.26. The van der Waals surface area contributed by atoms with Crippen molar-refractivity contribution in [3.05, 3.63) is 0 Å². The summed E-state index contributed by atoms with van der Waals surface area (Å²) in [6.45, 7) is 4.64. The maximum atomic E-state index is 6.22. The largest absolute Gasteiger partial charge is 0.327 e. The quantitative estimate of drug-likeness (QED) is 0.663. The van der Waals surface area contributed by atoms with Crippen LogP contribution in [0.15, 0.2) is 0 Å². The Morgan fingerprint density at radius 3 is 2.08 bits per heavy atom. The normalized spacial score (nSPS) is 32.3. The molecule has 0 spiro atoms. The molecule has 0 aromatic carbocycles. The van der Waals surface area contributed by atoms with Crippen LogP contribution >= 0.6 is 0 Å². The fourth-order valence-electron chi connectivity index (χ4n) is 2.55. The highest BCUT2D eigenvalue weighted by molar-refractivity contribution is 4.76. The van der Waals surface area contributed by atoms with E-state index in [1.807, 2.05) is 0 Å². The maximum absolute atomic E-state index is 6.22. The molecule has 1 rings (SSSR count). The lowest BCUT2D eigenvalue weighted by molar-refractivity contribution is 0.283. The topological polar surface area (TPSA) is 26.0 Å². The molecule has 1 saturated carbocycles. The van der Waals surface area contributed by atoms with Crippen LogP contribution in [0.1, 0.15) is 58.8 Å². The predicted octanol–water partition coefficient (Wildman–Crippen LogP) is 3.33. The van der Waals surface area contributed by atoms with Gasteiger partial charge in [-0.05, 0) is 24.7 Å². The lowest BCUT2D eigenvalue weighted by Crippen LogP contribution is -2.33. The summed E-state index contributed by atoms with van der Waals surface area (Å²) in [6, 6.07) is 0.470. The second-order valence-corrected chi connectivity index (χ2v) is 4.92. The smallest absolute Gasteiger partial charge is 0.00696 e. The summed E-state index contributed by atoms with van der Waals surface area (Å²) in [5.74, 6) is 1.55. The van der Waals surface area contributed by atoms with Gasteiger partial charge in [-0.3, -0.25) is 0 Å². The van der Waals surface area contributed by atoms with Crippen molar-refractivity contribution in [1.82, 2.24) is 0 Å².